The second-order valence-corrected chi connectivity index (χ2v) is 6.35. The monoisotopic (exact) mass is 235 g/mol. The molecule has 1 heterocycles. The molecule has 0 aliphatic carbocycles. The van der Waals surface area contributed by atoms with Crippen LogP contribution in [0.15, 0.2) is 0 Å². The average molecular weight is 235 g/mol. The summed E-state index contributed by atoms with van der Waals surface area (Å²) in [5.74, 6) is 0.138. The topological polar surface area (TPSA) is 72.5 Å². The lowest BCUT2D eigenvalue weighted by atomic mass is 10.0. The normalized spacial score (nSPS) is 28.7. The van der Waals surface area contributed by atoms with E-state index in [0.717, 1.165) is 6.42 Å². The van der Waals surface area contributed by atoms with Gasteiger partial charge in [0.05, 0.1) is 23.7 Å². The van der Waals surface area contributed by atoms with Crippen molar-refractivity contribution in [2.24, 2.45) is 0 Å². The molecule has 0 aromatic rings. The maximum atomic E-state index is 11.2. The van der Waals surface area contributed by atoms with Gasteiger partial charge in [-0.1, -0.05) is 6.92 Å². The Morgan fingerprint density at radius 2 is 2.20 bits per heavy atom. The van der Waals surface area contributed by atoms with Gasteiger partial charge in [-0.25, -0.2) is 13.2 Å². The van der Waals surface area contributed by atoms with Crippen molar-refractivity contribution in [1.82, 2.24) is 5.32 Å². The van der Waals surface area contributed by atoms with Gasteiger partial charge in [0.25, 0.3) is 0 Å². The molecule has 0 radical (unpaired) electrons. The van der Waals surface area contributed by atoms with Gasteiger partial charge in [-0.05, 0) is 19.8 Å². The van der Waals surface area contributed by atoms with Gasteiger partial charge in [0.2, 0.25) is 0 Å². The van der Waals surface area contributed by atoms with E-state index in [1.165, 1.54) is 0 Å². The minimum atomic E-state index is -2.99. The fraction of sp³-hybridized carbons (Fsp3) is 0.889. The van der Waals surface area contributed by atoms with Crippen LogP contribution in [-0.4, -0.2) is 38.2 Å². The summed E-state index contributed by atoms with van der Waals surface area (Å²) in [6, 6.07) is 0. The highest BCUT2D eigenvalue weighted by Crippen LogP contribution is 2.22. The smallest absolute Gasteiger partial charge is 0.407 e. The molecule has 0 spiro atoms. The van der Waals surface area contributed by atoms with Crippen molar-refractivity contribution in [2.45, 2.75) is 32.2 Å². The first kappa shape index (κ1) is 12.3. The molecule has 0 aromatic carbocycles. The van der Waals surface area contributed by atoms with Crippen LogP contribution in [0.4, 0.5) is 4.79 Å². The first-order valence-electron chi connectivity index (χ1n) is 5.02. The molecule has 0 aromatic heterocycles. The van der Waals surface area contributed by atoms with Crippen LogP contribution in [0.25, 0.3) is 0 Å². The minimum Gasteiger partial charge on any atom is -0.450 e. The number of carbonyl (C=O) groups is 1. The van der Waals surface area contributed by atoms with E-state index >= 15 is 0 Å². The first-order valence-corrected chi connectivity index (χ1v) is 6.84. The second-order valence-electron chi connectivity index (χ2n) is 4.16. The van der Waals surface area contributed by atoms with Crippen molar-refractivity contribution >= 4 is 15.9 Å². The van der Waals surface area contributed by atoms with Crippen molar-refractivity contribution in [3.8, 4) is 0 Å². The molecule has 1 N–H and O–H groups in total. The molecule has 6 heteroatoms. The molecule has 1 rings (SSSR count). The van der Waals surface area contributed by atoms with Gasteiger partial charge in [0.1, 0.15) is 0 Å². The molecule has 1 aliphatic rings. The molecule has 88 valence electrons. The highest BCUT2D eigenvalue weighted by molar-refractivity contribution is 7.91. The average Bonchev–Trinajstić information content (AvgIpc) is 2.37. The van der Waals surface area contributed by atoms with E-state index in [4.69, 9.17) is 4.74 Å². The largest absolute Gasteiger partial charge is 0.450 e. The highest BCUT2D eigenvalue weighted by atomic mass is 32.2. The Labute approximate surface area is 90.1 Å². The zero-order valence-electron chi connectivity index (χ0n) is 9.08. The highest BCUT2D eigenvalue weighted by Gasteiger charge is 2.39. The van der Waals surface area contributed by atoms with Gasteiger partial charge < -0.3 is 10.1 Å². The Morgan fingerprint density at radius 1 is 1.53 bits per heavy atom. The molecule has 0 bridgehead atoms. The van der Waals surface area contributed by atoms with Crippen LogP contribution in [0.5, 0.6) is 0 Å². The van der Waals surface area contributed by atoms with E-state index in [2.05, 4.69) is 5.32 Å². The Kier molecular flexibility index (Phi) is 3.59. The van der Waals surface area contributed by atoms with Crippen LogP contribution in [-0.2, 0) is 14.6 Å². The lowest BCUT2D eigenvalue weighted by molar-refractivity contribution is 0.136. The lowest BCUT2D eigenvalue weighted by Gasteiger charge is -2.23. The van der Waals surface area contributed by atoms with Crippen molar-refractivity contribution < 1.29 is 17.9 Å². The van der Waals surface area contributed by atoms with E-state index < -0.39 is 21.5 Å². The minimum absolute atomic E-state index is 0.00122. The van der Waals surface area contributed by atoms with Gasteiger partial charge in [0.15, 0.2) is 9.84 Å². The fourth-order valence-corrected chi connectivity index (χ4v) is 3.68. The summed E-state index contributed by atoms with van der Waals surface area (Å²) >= 11 is 0. The van der Waals surface area contributed by atoms with Crippen LogP contribution in [0, 0.1) is 0 Å². The third kappa shape index (κ3) is 3.70. The lowest BCUT2D eigenvalue weighted by Crippen LogP contribution is -2.47. The summed E-state index contributed by atoms with van der Waals surface area (Å²) in [6.07, 6.45) is 0.676. The van der Waals surface area contributed by atoms with Crippen LogP contribution in [0.1, 0.15) is 26.7 Å². The quantitative estimate of drug-likeness (QED) is 0.781. The predicted octanol–water partition coefficient (Wildman–Crippen LogP) is 0.700. The summed E-state index contributed by atoms with van der Waals surface area (Å²) in [6.45, 7) is 3.98. The molecule has 1 unspecified atom stereocenters. The number of carbonyl (C=O) groups excluding carboxylic acids is 1. The Balaban J connectivity index is 2.48. The molecular formula is C9H17NO4S. The van der Waals surface area contributed by atoms with Gasteiger partial charge >= 0.3 is 6.09 Å². The van der Waals surface area contributed by atoms with E-state index in [0.29, 0.717) is 13.0 Å². The second kappa shape index (κ2) is 4.38. The van der Waals surface area contributed by atoms with Gasteiger partial charge in [-0.2, -0.15) is 0 Å². The zero-order chi connectivity index (χ0) is 11.5. The van der Waals surface area contributed by atoms with Gasteiger partial charge in [-0.15, -0.1) is 0 Å². The van der Waals surface area contributed by atoms with Crippen molar-refractivity contribution in [3.63, 3.8) is 0 Å². The maximum absolute atomic E-state index is 11.2. The molecule has 1 aliphatic heterocycles. The molecule has 5 nitrogen and oxygen atoms in total. The number of alkyl carbamates (subject to hydrolysis) is 1. The molecule has 0 saturated carbocycles. The number of hydrogen-bond donors (Lipinski definition) is 1. The van der Waals surface area contributed by atoms with Crippen LogP contribution in [0.2, 0.25) is 0 Å². The van der Waals surface area contributed by atoms with Crippen molar-refractivity contribution in [1.29, 1.82) is 0 Å². The van der Waals surface area contributed by atoms with Gasteiger partial charge in [0, 0.05) is 0 Å². The van der Waals surface area contributed by atoms with E-state index in [9.17, 15) is 13.2 Å². The number of nitrogens with one attached hydrogen (secondary N) is 1. The molecule has 1 atom stereocenters. The molecule has 1 saturated heterocycles. The maximum Gasteiger partial charge on any atom is 0.407 e. The van der Waals surface area contributed by atoms with E-state index in [-0.39, 0.29) is 11.5 Å². The number of rotatable bonds is 3. The van der Waals surface area contributed by atoms with Crippen molar-refractivity contribution in [2.75, 3.05) is 18.1 Å². The third-order valence-corrected chi connectivity index (χ3v) is 4.25. The number of ether oxygens (including phenoxy) is 1. The van der Waals surface area contributed by atoms with E-state index in [1.807, 2.05) is 6.92 Å². The number of sulfone groups is 1. The molecule has 15 heavy (non-hydrogen) atoms. The standard InChI is InChI=1S/C9H17NO4S/c1-3-5-14-8(11)10-9(2)4-6-15(12,13)7-9/h3-7H2,1-2H3,(H,10,11). The fourth-order valence-electron chi connectivity index (χ4n) is 1.59. The summed E-state index contributed by atoms with van der Waals surface area (Å²) in [5, 5.41) is 2.61. The summed E-state index contributed by atoms with van der Waals surface area (Å²) in [5.41, 5.74) is -0.663. The van der Waals surface area contributed by atoms with E-state index in [1.54, 1.807) is 6.92 Å². The van der Waals surface area contributed by atoms with Crippen LogP contribution < -0.4 is 5.32 Å². The predicted molar refractivity (Wildman–Crippen MR) is 56.5 cm³/mol. The van der Waals surface area contributed by atoms with Crippen LogP contribution >= 0.6 is 0 Å². The SMILES string of the molecule is CCCOC(=O)NC1(C)CCS(=O)(=O)C1. The summed E-state index contributed by atoms with van der Waals surface area (Å²) < 4.78 is 27.3. The Hall–Kier alpha value is -0.780. The van der Waals surface area contributed by atoms with Crippen LogP contribution in [0.3, 0.4) is 0 Å². The number of amides is 1. The number of hydrogen-bond acceptors (Lipinski definition) is 4. The van der Waals surface area contributed by atoms with Gasteiger partial charge in [-0.3, -0.25) is 0 Å². The third-order valence-electron chi connectivity index (χ3n) is 2.34. The molecule has 1 amide bonds. The summed E-state index contributed by atoms with van der Waals surface area (Å²) in [4.78, 5) is 11.2. The Morgan fingerprint density at radius 3 is 2.67 bits per heavy atom. The van der Waals surface area contributed by atoms with Crippen molar-refractivity contribution in [3.05, 3.63) is 0 Å². The molecular weight excluding hydrogens is 218 g/mol. The molecule has 1 fully saturated rings. The zero-order valence-corrected chi connectivity index (χ0v) is 9.89. The first-order chi connectivity index (χ1) is 6.87. The summed E-state index contributed by atoms with van der Waals surface area (Å²) in [7, 11) is -2.99. The Bertz CT molecular complexity index is 338.